The Morgan fingerprint density at radius 3 is 2.82 bits per heavy atom. The maximum absolute atomic E-state index is 10.4. The monoisotopic (exact) mass is 508 g/mol. The molecule has 0 radical (unpaired) electrons. The van der Waals surface area contributed by atoms with Gasteiger partial charge in [-0.2, -0.15) is 9.97 Å². The number of para-hydroxylation sites is 1. The lowest BCUT2D eigenvalue weighted by Crippen LogP contribution is -2.33. The van der Waals surface area contributed by atoms with Crippen molar-refractivity contribution < 1.29 is 20.1 Å². The summed E-state index contributed by atoms with van der Waals surface area (Å²) < 4.78 is 9.23. The van der Waals surface area contributed by atoms with E-state index in [0.717, 1.165) is 20.3 Å². The van der Waals surface area contributed by atoms with Crippen LogP contribution in [0.5, 0.6) is 0 Å². The molecule has 13 heteroatoms. The quantitative estimate of drug-likeness (QED) is 0.217. The molecule has 1 aliphatic heterocycles. The number of benzene rings is 1. The molecule has 10 nitrogen and oxygen atoms in total. The van der Waals surface area contributed by atoms with Gasteiger partial charge in [0.15, 0.2) is 27.5 Å². The Morgan fingerprint density at radius 2 is 2.06 bits per heavy atom. The summed E-state index contributed by atoms with van der Waals surface area (Å²) >= 11 is 9.48. The van der Waals surface area contributed by atoms with Gasteiger partial charge in [0, 0.05) is 11.8 Å². The van der Waals surface area contributed by atoms with E-state index in [2.05, 4.69) is 31.3 Å². The van der Waals surface area contributed by atoms with Gasteiger partial charge in [0.25, 0.3) is 0 Å². The maximum Gasteiger partial charge on any atom is 0.226 e. The summed E-state index contributed by atoms with van der Waals surface area (Å²) in [4.78, 5) is 17.6. The van der Waals surface area contributed by atoms with E-state index >= 15 is 0 Å². The van der Waals surface area contributed by atoms with Gasteiger partial charge in [-0.3, -0.25) is 4.57 Å². The summed E-state index contributed by atoms with van der Waals surface area (Å²) in [6.45, 7) is 1.60. The van der Waals surface area contributed by atoms with E-state index < -0.39 is 31.1 Å². The van der Waals surface area contributed by atoms with Crippen LogP contribution in [0, 0.1) is 0 Å². The molecule has 1 fully saturated rings. The number of hydrogen-bond acceptors (Lipinski definition) is 11. The number of hydrogen-bond donors (Lipinski definition) is 4. The second-order valence-electron chi connectivity index (χ2n) is 7.70. The van der Waals surface area contributed by atoms with Gasteiger partial charge in [-0.05, 0) is 30.7 Å². The van der Waals surface area contributed by atoms with E-state index in [1.165, 1.54) is 10.9 Å². The molecule has 1 aliphatic rings. The normalized spacial score (nSPS) is 24.0. The minimum absolute atomic E-state index is 0.00418. The van der Waals surface area contributed by atoms with Crippen LogP contribution in [-0.4, -0.2) is 76.5 Å². The van der Waals surface area contributed by atoms with Crippen LogP contribution in [-0.2, 0) is 4.74 Å². The molecule has 5 atom stereocenters. The van der Waals surface area contributed by atoms with Crippen LogP contribution in [0.25, 0.3) is 21.4 Å². The van der Waals surface area contributed by atoms with Crippen molar-refractivity contribution in [3.8, 4) is 0 Å². The molecule has 4 aromatic rings. The van der Waals surface area contributed by atoms with Crippen molar-refractivity contribution in [1.29, 1.82) is 0 Å². The topological polar surface area (TPSA) is 138 Å². The Balaban J connectivity index is 1.34. The summed E-state index contributed by atoms with van der Waals surface area (Å²) in [5.41, 5.74) is 1.79. The zero-order valence-electron chi connectivity index (χ0n) is 17.4. The highest BCUT2D eigenvalue weighted by atomic mass is 35.5. The lowest BCUT2D eigenvalue weighted by Gasteiger charge is -2.17. The van der Waals surface area contributed by atoms with Gasteiger partial charge < -0.3 is 25.4 Å². The molecule has 0 bridgehead atoms. The van der Waals surface area contributed by atoms with E-state index in [1.807, 2.05) is 25.1 Å². The molecule has 5 rings (SSSR count). The third-order valence-electron chi connectivity index (χ3n) is 5.30. The van der Waals surface area contributed by atoms with Crippen molar-refractivity contribution in [1.82, 2.24) is 24.5 Å². The number of anilines is 1. The Labute approximate surface area is 201 Å². The number of fused-ring (bicyclic) bond motifs is 2. The average molecular weight is 509 g/mol. The molecule has 4 heterocycles. The fraction of sp³-hybridized carbons (Fsp3) is 0.400. The number of imidazole rings is 1. The molecule has 3 aromatic heterocycles. The minimum atomic E-state index is -1.26. The maximum atomic E-state index is 10.4. The summed E-state index contributed by atoms with van der Waals surface area (Å²) in [5.74, 6) is 1.19. The molecule has 1 saturated heterocycles. The molecule has 0 saturated carbocycles. The number of halogens is 1. The lowest BCUT2D eigenvalue weighted by atomic mass is 10.1. The number of nitrogens with one attached hydrogen (secondary N) is 1. The van der Waals surface area contributed by atoms with Crippen molar-refractivity contribution in [2.24, 2.45) is 0 Å². The second-order valence-corrected chi connectivity index (χ2v) is 10.3. The van der Waals surface area contributed by atoms with Gasteiger partial charge >= 0.3 is 0 Å². The molecule has 0 amide bonds. The first kappa shape index (κ1) is 22.7. The van der Waals surface area contributed by atoms with Gasteiger partial charge in [-0.15, -0.1) is 11.3 Å². The SMILES string of the molecule is CC(CSc1nc2ccccc2s1)Nc1nc(Cl)nc2c1ncn2[C@@H]1O[C@H](CO)[C@@H](O)[C@H]1O. The van der Waals surface area contributed by atoms with Crippen molar-refractivity contribution in [3.63, 3.8) is 0 Å². The van der Waals surface area contributed by atoms with Gasteiger partial charge in [0.2, 0.25) is 5.28 Å². The van der Waals surface area contributed by atoms with Crippen LogP contribution in [0.1, 0.15) is 13.2 Å². The van der Waals surface area contributed by atoms with Crippen LogP contribution in [0.4, 0.5) is 5.82 Å². The first-order valence-corrected chi connectivity index (χ1v) is 12.4. The van der Waals surface area contributed by atoms with Gasteiger partial charge in [0.1, 0.15) is 18.3 Å². The molecule has 1 unspecified atom stereocenters. The number of thioether (sulfide) groups is 1. The Morgan fingerprint density at radius 1 is 1.24 bits per heavy atom. The van der Waals surface area contributed by atoms with E-state index in [9.17, 15) is 15.3 Å². The zero-order valence-corrected chi connectivity index (χ0v) is 19.8. The highest BCUT2D eigenvalue weighted by Gasteiger charge is 2.44. The summed E-state index contributed by atoms with van der Waals surface area (Å²) in [5, 5.41) is 33.1. The second kappa shape index (κ2) is 9.29. The number of aromatic nitrogens is 5. The van der Waals surface area contributed by atoms with E-state index in [0.29, 0.717) is 17.0 Å². The predicted octanol–water partition coefficient (Wildman–Crippen LogP) is 2.29. The molecule has 4 N–H and O–H groups in total. The smallest absolute Gasteiger partial charge is 0.226 e. The highest BCUT2D eigenvalue weighted by molar-refractivity contribution is 8.01. The van der Waals surface area contributed by atoms with Crippen molar-refractivity contribution in [3.05, 3.63) is 35.9 Å². The van der Waals surface area contributed by atoms with Gasteiger partial charge in [-0.25, -0.2) is 9.97 Å². The fourth-order valence-corrected chi connectivity index (χ4v) is 5.88. The minimum Gasteiger partial charge on any atom is -0.394 e. The molecular weight excluding hydrogens is 488 g/mol. The van der Waals surface area contributed by atoms with Crippen molar-refractivity contribution >= 4 is 61.9 Å². The van der Waals surface area contributed by atoms with Gasteiger partial charge in [0.05, 0.1) is 23.2 Å². The summed E-state index contributed by atoms with van der Waals surface area (Å²) in [7, 11) is 0. The number of rotatable bonds is 7. The average Bonchev–Trinajstić information content (AvgIpc) is 3.48. The van der Waals surface area contributed by atoms with Crippen molar-refractivity contribution in [2.75, 3.05) is 17.7 Å². The first-order chi connectivity index (χ1) is 15.9. The third-order valence-corrected chi connectivity index (χ3v) is 7.91. The van der Waals surface area contributed by atoms with Crippen LogP contribution < -0.4 is 5.32 Å². The molecule has 1 aromatic carbocycles. The number of aliphatic hydroxyl groups is 3. The first-order valence-electron chi connectivity index (χ1n) is 10.2. The van der Waals surface area contributed by atoms with E-state index in [1.54, 1.807) is 23.1 Å². The van der Waals surface area contributed by atoms with Crippen molar-refractivity contribution in [2.45, 2.75) is 41.8 Å². The molecule has 0 aliphatic carbocycles. The van der Waals surface area contributed by atoms with Crippen LogP contribution >= 0.6 is 34.7 Å². The summed E-state index contributed by atoms with van der Waals surface area (Å²) in [6, 6.07) is 8.05. The fourth-order valence-electron chi connectivity index (χ4n) is 3.67. The van der Waals surface area contributed by atoms with E-state index in [-0.39, 0.29) is 11.3 Å². The Bertz CT molecular complexity index is 1250. The molecule has 174 valence electrons. The zero-order chi connectivity index (χ0) is 23.1. The van der Waals surface area contributed by atoms with Crippen LogP contribution in [0.15, 0.2) is 34.9 Å². The molecule has 0 spiro atoms. The number of nitrogens with zero attached hydrogens (tertiary/aromatic N) is 5. The van der Waals surface area contributed by atoms with Crippen LogP contribution in [0.2, 0.25) is 5.28 Å². The highest BCUT2D eigenvalue weighted by Crippen LogP contribution is 2.33. The Hall–Kier alpha value is -2.06. The standard InChI is InChI=1S/C20H21ClN6O4S2/c1-9(7-32-20-24-10-4-2-3-5-12(10)33-20)23-16-13-17(26-19(21)25-16)27(8-22-13)18-15(30)14(29)11(6-28)31-18/h2-5,8-9,11,14-15,18,28-30H,6-7H2,1H3,(H,23,25,26)/t9?,11-,14-,15-,18-/m1/s1. The lowest BCUT2D eigenvalue weighted by molar-refractivity contribution is -0.0511. The largest absolute Gasteiger partial charge is 0.394 e. The number of ether oxygens (including phenoxy) is 1. The number of thiazole rings is 1. The Kier molecular flexibility index (Phi) is 6.40. The predicted molar refractivity (Wildman–Crippen MR) is 127 cm³/mol. The van der Waals surface area contributed by atoms with E-state index in [4.69, 9.17) is 16.3 Å². The third kappa shape index (κ3) is 4.39. The number of aliphatic hydroxyl groups excluding tert-OH is 3. The summed E-state index contributed by atoms with van der Waals surface area (Å²) in [6.07, 6.45) is -2.91. The van der Waals surface area contributed by atoms with Crippen LogP contribution in [0.3, 0.4) is 0 Å². The van der Waals surface area contributed by atoms with Gasteiger partial charge in [-0.1, -0.05) is 23.9 Å². The molecule has 33 heavy (non-hydrogen) atoms. The molecular formula is C20H21ClN6O4S2.